The maximum absolute atomic E-state index is 11.9. The summed E-state index contributed by atoms with van der Waals surface area (Å²) in [6.45, 7) is 0.205. The van der Waals surface area contributed by atoms with Crippen molar-refractivity contribution in [1.82, 2.24) is 5.32 Å². The molecule has 1 heterocycles. The van der Waals surface area contributed by atoms with Crippen molar-refractivity contribution in [3.8, 4) is 11.5 Å². The van der Waals surface area contributed by atoms with E-state index in [0.717, 1.165) is 0 Å². The summed E-state index contributed by atoms with van der Waals surface area (Å²) in [7, 11) is 0. The topological polar surface area (TPSA) is 73.9 Å². The highest BCUT2D eigenvalue weighted by molar-refractivity contribution is 6.42. The lowest BCUT2D eigenvalue weighted by molar-refractivity contribution is -0.148. The van der Waals surface area contributed by atoms with Gasteiger partial charge in [-0.25, -0.2) is 0 Å². The molecule has 1 N–H and O–H groups in total. The Morgan fingerprint density at radius 2 is 1.89 bits per heavy atom. The minimum Gasteiger partial charge on any atom is -0.486 e. The maximum Gasteiger partial charge on any atom is 0.310 e. The molecule has 8 heteroatoms. The molecule has 1 atom stereocenters. The van der Waals surface area contributed by atoms with Gasteiger partial charge in [0.25, 0.3) is 5.91 Å². The standard InChI is InChI=1S/C19H17Cl2NO5/c20-14-6-5-12(7-15(14)21)8-19(24)26-11-18(23)22-9-13-10-25-16-3-1-2-4-17(16)27-13/h1-7,13H,8-11H2,(H,22,23)/t13-/m0/s1. The number of benzene rings is 2. The van der Waals surface area contributed by atoms with Gasteiger partial charge >= 0.3 is 5.97 Å². The average Bonchev–Trinajstić information content (AvgIpc) is 2.67. The fourth-order valence-electron chi connectivity index (χ4n) is 2.46. The van der Waals surface area contributed by atoms with Gasteiger partial charge in [0.2, 0.25) is 0 Å². The number of fused-ring (bicyclic) bond motifs is 1. The fraction of sp³-hybridized carbons (Fsp3) is 0.263. The highest BCUT2D eigenvalue weighted by Gasteiger charge is 2.21. The summed E-state index contributed by atoms with van der Waals surface area (Å²) in [5, 5.41) is 3.42. The van der Waals surface area contributed by atoms with Crippen LogP contribution in [0.4, 0.5) is 0 Å². The molecule has 142 valence electrons. The van der Waals surface area contributed by atoms with Crippen LogP contribution in [0, 0.1) is 0 Å². The predicted octanol–water partition coefficient (Wildman–Crippen LogP) is 3.04. The zero-order chi connectivity index (χ0) is 19.2. The largest absolute Gasteiger partial charge is 0.486 e. The van der Waals surface area contributed by atoms with Gasteiger partial charge in [0, 0.05) is 0 Å². The predicted molar refractivity (Wildman–Crippen MR) is 100 cm³/mol. The van der Waals surface area contributed by atoms with E-state index in [4.69, 9.17) is 37.4 Å². The number of hydrogen-bond acceptors (Lipinski definition) is 5. The molecule has 0 bridgehead atoms. The number of para-hydroxylation sites is 2. The molecule has 0 radical (unpaired) electrons. The van der Waals surface area contributed by atoms with Gasteiger partial charge in [-0.1, -0.05) is 41.4 Å². The summed E-state index contributed by atoms with van der Waals surface area (Å²) >= 11 is 11.7. The first-order valence-electron chi connectivity index (χ1n) is 8.26. The Hall–Kier alpha value is -2.44. The maximum atomic E-state index is 11.9. The summed E-state index contributed by atoms with van der Waals surface area (Å²) in [5.74, 6) is 0.363. The third-order valence-corrected chi connectivity index (χ3v) is 4.53. The van der Waals surface area contributed by atoms with Crippen LogP contribution in [0.5, 0.6) is 11.5 Å². The number of amides is 1. The number of ether oxygens (including phenoxy) is 3. The van der Waals surface area contributed by atoms with Crippen molar-refractivity contribution in [1.29, 1.82) is 0 Å². The van der Waals surface area contributed by atoms with Gasteiger partial charge in [-0.15, -0.1) is 0 Å². The van der Waals surface area contributed by atoms with Crippen LogP contribution < -0.4 is 14.8 Å². The first kappa shape index (κ1) is 19.3. The van der Waals surface area contributed by atoms with Crippen molar-refractivity contribution in [3.05, 3.63) is 58.1 Å². The van der Waals surface area contributed by atoms with Crippen LogP contribution in [0.25, 0.3) is 0 Å². The third kappa shape index (κ3) is 5.52. The Kier molecular flexibility index (Phi) is 6.42. The molecule has 0 unspecified atom stereocenters. The second-order valence-electron chi connectivity index (χ2n) is 5.89. The van der Waals surface area contributed by atoms with E-state index in [-0.39, 0.29) is 25.7 Å². The minimum atomic E-state index is -0.533. The van der Waals surface area contributed by atoms with Gasteiger partial charge < -0.3 is 19.5 Å². The van der Waals surface area contributed by atoms with Crippen molar-refractivity contribution in [2.75, 3.05) is 19.8 Å². The average molecular weight is 410 g/mol. The molecule has 2 aromatic rings. The fourth-order valence-corrected chi connectivity index (χ4v) is 2.78. The molecule has 1 aliphatic heterocycles. The van der Waals surface area contributed by atoms with Crippen LogP contribution in [0.3, 0.4) is 0 Å². The molecule has 1 amide bonds. The minimum absolute atomic E-state index is 0.000525. The molecule has 1 aliphatic rings. The van der Waals surface area contributed by atoms with Gasteiger partial charge in [0.05, 0.1) is 23.0 Å². The molecule has 27 heavy (non-hydrogen) atoms. The second kappa shape index (κ2) is 8.97. The molecule has 6 nitrogen and oxygen atoms in total. The van der Waals surface area contributed by atoms with Crippen molar-refractivity contribution >= 4 is 35.1 Å². The van der Waals surface area contributed by atoms with Crippen LogP contribution >= 0.6 is 23.2 Å². The van der Waals surface area contributed by atoms with Crippen LogP contribution in [0.1, 0.15) is 5.56 Å². The van der Waals surface area contributed by atoms with Crippen LogP contribution in [-0.4, -0.2) is 37.7 Å². The quantitative estimate of drug-likeness (QED) is 0.742. The molecule has 0 saturated carbocycles. The third-order valence-electron chi connectivity index (χ3n) is 3.79. The van der Waals surface area contributed by atoms with Gasteiger partial charge in [-0.3, -0.25) is 9.59 Å². The van der Waals surface area contributed by atoms with E-state index in [1.165, 1.54) is 0 Å². The first-order valence-corrected chi connectivity index (χ1v) is 9.01. The number of halogens is 2. The smallest absolute Gasteiger partial charge is 0.310 e. The lowest BCUT2D eigenvalue weighted by Gasteiger charge is -2.26. The van der Waals surface area contributed by atoms with E-state index >= 15 is 0 Å². The van der Waals surface area contributed by atoms with Gasteiger partial charge in [-0.05, 0) is 29.8 Å². The molecular weight excluding hydrogens is 393 g/mol. The summed E-state index contributed by atoms with van der Waals surface area (Å²) in [4.78, 5) is 23.7. The number of carbonyl (C=O) groups is 2. The molecular formula is C19H17Cl2NO5. The Balaban J connectivity index is 1.38. The molecule has 0 saturated heterocycles. The molecule has 0 fully saturated rings. The number of esters is 1. The van der Waals surface area contributed by atoms with Crippen molar-refractivity contribution in [2.45, 2.75) is 12.5 Å². The molecule has 3 rings (SSSR count). The summed E-state index contributed by atoms with van der Waals surface area (Å²) in [5.41, 5.74) is 0.654. The van der Waals surface area contributed by atoms with E-state index in [1.807, 2.05) is 18.2 Å². The summed E-state index contributed by atoms with van der Waals surface area (Å²) in [6, 6.07) is 12.2. The molecule has 0 aliphatic carbocycles. The van der Waals surface area contributed by atoms with E-state index in [1.54, 1.807) is 24.3 Å². The Bertz CT molecular complexity index is 843. The first-order chi connectivity index (χ1) is 13.0. The Labute approximate surface area is 166 Å². The number of carbonyl (C=O) groups excluding carboxylic acids is 2. The molecule has 2 aromatic carbocycles. The molecule has 0 spiro atoms. The SMILES string of the molecule is O=C(COC(=O)Cc1ccc(Cl)c(Cl)c1)NC[C@H]1COc2ccccc2O1. The number of nitrogens with one attached hydrogen (secondary N) is 1. The zero-order valence-corrected chi connectivity index (χ0v) is 15.8. The van der Waals surface area contributed by atoms with E-state index < -0.39 is 11.9 Å². The highest BCUT2D eigenvalue weighted by atomic mass is 35.5. The van der Waals surface area contributed by atoms with E-state index in [0.29, 0.717) is 33.7 Å². The Morgan fingerprint density at radius 3 is 2.67 bits per heavy atom. The van der Waals surface area contributed by atoms with Gasteiger partial charge in [0.1, 0.15) is 12.7 Å². The van der Waals surface area contributed by atoms with Gasteiger partial charge in [0.15, 0.2) is 18.1 Å². The monoisotopic (exact) mass is 409 g/mol. The van der Waals surface area contributed by atoms with E-state index in [2.05, 4.69) is 5.32 Å². The van der Waals surface area contributed by atoms with E-state index in [9.17, 15) is 9.59 Å². The Morgan fingerprint density at radius 1 is 1.11 bits per heavy atom. The zero-order valence-electron chi connectivity index (χ0n) is 14.2. The number of hydrogen-bond donors (Lipinski definition) is 1. The lowest BCUT2D eigenvalue weighted by atomic mass is 10.1. The molecule has 0 aromatic heterocycles. The second-order valence-corrected chi connectivity index (χ2v) is 6.70. The van der Waals surface area contributed by atoms with Crippen LogP contribution in [0.2, 0.25) is 10.0 Å². The van der Waals surface area contributed by atoms with Crippen molar-refractivity contribution in [2.24, 2.45) is 0 Å². The lowest BCUT2D eigenvalue weighted by Crippen LogP contribution is -2.42. The highest BCUT2D eigenvalue weighted by Crippen LogP contribution is 2.30. The van der Waals surface area contributed by atoms with Gasteiger partial charge in [-0.2, -0.15) is 0 Å². The van der Waals surface area contributed by atoms with Crippen molar-refractivity contribution < 1.29 is 23.8 Å². The summed E-state index contributed by atoms with van der Waals surface area (Å²) in [6.07, 6.45) is -0.309. The van der Waals surface area contributed by atoms with Crippen LogP contribution in [-0.2, 0) is 20.7 Å². The van der Waals surface area contributed by atoms with Crippen molar-refractivity contribution in [3.63, 3.8) is 0 Å². The van der Waals surface area contributed by atoms with Crippen LogP contribution in [0.15, 0.2) is 42.5 Å². The number of rotatable bonds is 6. The normalized spacial score (nSPS) is 15.1. The summed E-state index contributed by atoms with van der Waals surface area (Å²) < 4.78 is 16.3.